The van der Waals surface area contributed by atoms with Crippen LogP contribution < -0.4 is 4.90 Å². The van der Waals surface area contributed by atoms with E-state index in [9.17, 15) is 0 Å². The van der Waals surface area contributed by atoms with Crippen LogP contribution in [0.15, 0.2) is 18.2 Å². The highest BCUT2D eigenvalue weighted by Crippen LogP contribution is 2.32. The number of benzene rings is 1. The van der Waals surface area contributed by atoms with Gasteiger partial charge in [-0.25, -0.2) is 0 Å². The predicted octanol–water partition coefficient (Wildman–Crippen LogP) is 3.84. The van der Waals surface area contributed by atoms with Crippen LogP contribution >= 0.6 is 11.6 Å². The number of hydrogen-bond donors (Lipinski definition) is 0. The first-order chi connectivity index (χ1) is 8.13. The van der Waals surface area contributed by atoms with Crippen molar-refractivity contribution < 1.29 is 0 Å². The number of nitrogens with zero attached hydrogens (tertiary/aromatic N) is 2. The van der Waals surface area contributed by atoms with Crippen LogP contribution in [0.1, 0.15) is 32.3 Å². The van der Waals surface area contributed by atoms with Gasteiger partial charge in [-0.15, -0.1) is 0 Å². The zero-order valence-corrected chi connectivity index (χ0v) is 11.0. The number of halogens is 1. The monoisotopic (exact) mass is 248 g/mol. The summed E-state index contributed by atoms with van der Waals surface area (Å²) in [6.07, 6.45) is 2.48. The fraction of sp³-hybridized carbons (Fsp3) is 0.500. The van der Waals surface area contributed by atoms with Gasteiger partial charge in [0, 0.05) is 18.3 Å². The third-order valence-corrected chi connectivity index (χ3v) is 3.79. The number of anilines is 1. The molecule has 0 amide bonds. The molecule has 0 N–H and O–H groups in total. The van der Waals surface area contributed by atoms with Gasteiger partial charge in [0.1, 0.15) is 6.07 Å². The Labute approximate surface area is 108 Å². The summed E-state index contributed by atoms with van der Waals surface area (Å²) in [7, 11) is 0. The maximum atomic E-state index is 8.87. The Kier molecular flexibility index (Phi) is 3.59. The summed E-state index contributed by atoms with van der Waals surface area (Å²) in [6.45, 7) is 5.60. The van der Waals surface area contributed by atoms with Gasteiger partial charge >= 0.3 is 0 Å². The molecule has 1 aliphatic rings. The summed E-state index contributed by atoms with van der Waals surface area (Å²) in [4.78, 5) is 2.41. The number of hydrogen-bond acceptors (Lipinski definition) is 2. The number of nitriles is 1. The van der Waals surface area contributed by atoms with Crippen molar-refractivity contribution in [3.8, 4) is 6.07 Å². The molecule has 1 aliphatic heterocycles. The first kappa shape index (κ1) is 12.3. The Morgan fingerprint density at radius 1 is 1.47 bits per heavy atom. The molecule has 0 aromatic heterocycles. The molecule has 1 heterocycles. The molecule has 1 aromatic carbocycles. The maximum absolute atomic E-state index is 8.87. The second kappa shape index (κ2) is 4.98. The molecule has 2 nitrogen and oxygen atoms in total. The van der Waals surface area contributed by atoms with Gasteiger partial charge in [-0.1, -0.05) is 25.4 Å². The molecular weight excluding hydrogens is 232 g/mol. The maximum Gasteiger partial charge on any atom is 0.101 e. The predicted molar refractivity (Wildman–Crippen MR) is 71.4 cm³/mol. The lowest BCUT2D eigenvalue weighted by atomic mass is 10.0. The van der Waals surface area contributed by atoms with Crippen LogP contribution in [0.4, 0.5) is 5.69 Å². The zero-order valence-electron chi connectivity index (χ0n) is 10.3. The van der Waals surface area contributed by atoms with Gasteiger partial charge in [-0.2, -0.15) is 5.26 Å². The van der Waals surface area contributed by atoms with Crippen molar-refractivity contribution in [2.75, 3.05) is 11.4 Å². The van der Waals surface area contributed by atoms with Crippen molar-refractivity contribution in [3.63, 3.8) is 0 Å². The molecule has 0 aliphatic carbocycles. The van der Waals surface area contributed by atoms with E-state index in [4.69, 9.17) is 16.9 Å². The van der Waals surface area contributed by atoms with E-state index in [0.717, 1.165) is 12.2 Å². The molecule has 1 saturated heterocycles. The lowest BCUT2D eigenvalue weighted by molar-refractivity contribution is 0.492. The topological polar surface area (TPSA) is 27.0 Å². The Morgan fingerprint density at radius 2 is 2.24 bits per heavy atom. The van der Waals surface area contributed by atoms with E-state index < -0.39 is 0 Å². The normalized spacial score (nSPS) is 19.7. The van der Waals surface area contributed by atoms with Gasteiger partial charge in [0.2, 0.25) is 0 Å². The standard InChI is InChI=1S/C14H17ClN2/c1-10(2)14-4-3-7-17(14)12-6-5-11(9-16)13(15)8-12/h5-6,8,10,14H,3-4,7H2,1-2H3. The van der Waals surface area contributed by atoms with E-state index in [1.807, 2.05) is 18.2 Å². The Balaban J connectivity index is 2.28. The van der Waals surface area contributed by atoms with E-state index in [1.165, 1.54) is 12.8 Å². The average molecular weight is 249 g/mol. The molecule has 3 heteroatoms. The quantitative estimate of drug-likeness (QED) is 0.795. The average Bonchev–Trinajstić information content (AvgIpc) is 2.77. The van der Waals surface area contributed by atoms with Crippen LogP contribution in [-0.4, -0.2) is 12.6 Å². The summed E-state index contributed by atoms with van der Waals surface area (Å²) in [5.74, 6) is 0.645. The summed E-state index contributed by atoms with van der Waals surface area (Å²) >= 11 is 6.09. The Morgan fingerprint density at radius 3 is 2.82 bits per heavy atom. The molecule has 0 bridgehead atoms. The van der Waals surface area contributed by atoms with Crippen molar-refractivity contribution in [3.05, 3.63) is 28.8 Å². The zero-order chi connectivity index (χ0) is 12.4. The minimum absolute atomic E-state index is 0.552. The van der Waals surface area contributed by atoms with Gasteiger partial charge in [0.25, 0.3) is 0 Å². The van der Waals surface area contributed by atoms with Gasteiger partial charge < -0.3 is 4.90 Å². The molecule has 0 radical (unpaired) electrons. The van der Waals surface area contributed by atoms with Crippen LogP contribution in [0.2, 0.25) is 5.02 Å². The van der Waals surface area contributed by atoms with E-state index >= 15 is 0 Å². The van der Waals surface area contributed by atoms with Crippen LogP contribution in [0.5, 0.6) is 0 Å². The second-order valence-corrected chi connectivity index (χ2v) is 5.33. The molecule has 1 fully saturated rings. The minimum Gasteiger partial charge on any atom is -0.368 e. The van der Waals surface area contributed by atoms with Crippen molar-refractivity contribution in [1.82, 2.24) is 0 Å². The number of rotatable bonds is 2. The fourth-order valence-electron chi connectivity index (χ4n) is 2.58. The molecule has 90 valence electrons. The Hall–Kier alpha value is -1.20. The molecule has 2 rings (SSSR count). The summed E-state index contributed by atoms with van der Waals surface area (Å²) < 4.78 is 0. The third-order valence-electron chi connectivity index (χ3n) is 3.47. The highest BCUT2D eigenvalue weighted by molar-refractivity contribution is 6.32. The summed E-state index contributed by atoms with van der Waals surface area (Å²) in [5, 5.41) is 9.42. The van der Waals surface area contributed by atoms with Crippen molar-refractivity contribution in [2.45, 2.75) is 32.7 Å². The highest BCUT2D eigenvalue weighted by atomic mass is 35.5. The summed E-state index contributed by atoms with van der Waals surface area (Å²) in [5.41, 5.74) is 1.70. The second-order valence-electron chi connectivity index (χ2n) is 4.92. The van der Waals surface area contributed by atoms with Crippen LogP contribution in [0.3, 0.4) is 0 Å². The smallest absolute Gasteiger partial charge is 0.101 e. The van der Waals surface area contributed by atoms with Gasteiger partial charge in [0.05, 0.1) is 10.6 Å². The summed E-state index contributed by atoms with van der Waals surface area (Å²) in [6, 6.07) is 8.43. The third kappa shape index (κ3) is 2.40. The van der Waals surface area contributed by atoms with Gasteiger partial charge in [0.15, 0.2) is 0 Å². The van der Waals surface area contributed by atoms with E-state index in [0.29, 0.717) is 22.5 Å². The molecule has 1 atom stereocenters. The highest BCUT2D eigenvalue weighted by Gasteiger charge is 2.27. The Bertz CT molecular complexity index is 448. The van der Waals surface area contributed by atoms with Crippen LogP contribution in [0.25, 0.3) is 0 Å². The van der Waals surface area contributed by atoms with Gasteiger partial charge in [-0.05, 0) is 37.0 Å². The van der Waals surface area contributed by atoms with Crippen LogP contribution in [-0.2, 0) is 0 Å². The van der Waals surface area contributed by atoms with Crippen molar-refractivity contribution in [1.29, 1.82) is 5.26 Å². The van der Waals surface area contributed by atoms with Gasteiger partial charge in [-0.3, -0.25) is 0 Å². The lowest BCUT2D eigenvalue weighted by Crippen LogP contribution is -2.33. The minimum atomic E-state index is 0.552. The molecule has 0 saturated carbocycles. The lowest BCUT2D eigenvalue weighted by Gasteiger charge is -2.29. The molecular formula is C14H17ClN2. The first-order valence-electron chi connectivity index (χ1n) is 6.09. The van der Waals surface area contributed by atoms with E-state index in [1.54, 1.807) is 0 Å². The largest absolute Gasteiger partial charge is 0.368 e. The molecule has 17 heavy (non-hydrogen) atoms. The van der Waals surface area contributed by atoms with E-state index in [2.05, 4.69) is 24.8 Å². The van der Waals surface area contributed by atoms with Crippen molar-refractivity contribution in [2.24, 2.45) is 5.92 Å². The molecule has 0 spiro atoms. The molecule has 1 aromatic rings. The molecule has 1 unspecified atom stereocenters. The fourth-order valence-corrected chi connectivity index (χ4v) is 2.80. The van der Waals surface area contributed by atoms with Crippen molar-refractivity contribution >= 4 is 17.3 Å². The first-order valence-corrected chi connectivity index (χ1v) is 6.47. The van der Waals surface area contributed by atoms with Crippen LogP contribution in [0, 0.1) is 17.2 Å². The van der Waals surface area contributed by atoms with E-state index in [-0.39, 0.29) is 0 Å². The SMILES string of the molecule is CC(C)C1CCCN1c1ccc(C#N)c(Cl)c1.